The van der Waals surface area contributed by atoms with E-state index < -0.39 is 0 Å². The van der Waals surface area contributed by atoms with Gasteiger partial charge in [-0.2, -0.15) is 0 Å². The predicted octanol–water partition coefficient (Wildman–Crippen LogP) is 12.8. The quantitative estimate of drug-likeness (QED) is 0.0664. The van der Waals surface area contributed by atoms with Crippen molar-refractivity contribution in [1.29, 1.82) is 0 Å². The highest BCUT2D eigenvalue weighted by Gasteiger charge is 2.27. The first-order valence-corrected chi connectivity index (χ1v) is 28.0. The number of phenols is 4. The predicted molar refractivity (Wildman–Crippen MR) is 300 cm³/mol. The zero-order valence-electron chi connectivity index (χ0n) is 44.7. The standard InChI is InChI=1S/2C32H39FN2O3/c2*1-2-35(22-23-6-13-32(30(33)18-23)38-17-16-34-14-4-3-5-15-34)31-21-28(37)11-12-29(31)26-8-7-25-20-27(36)10-9-24(25)19-26/h2*6,9-13,18,20-21,26,36-37H,2-5,7-8,14-17,19,22H2,1H3/t2*26-/m10/s1. The van der Waals surface area contributed by atoms with Gasteiger partial charge >= 0.3 is 0 Å². The lowest BCUT2D eigenvalue weighted by atomic mass is 9.79. The van der Waals surface area contributed by atoms with Gasteiger partial charge < -0.3 is 39.7 Å². The molecule has 0 amide bonds. The Morgan fingerprint density at radius 3 is 1.26 bits per heavy atom. The van der Waals surface area contributed by atoms with Crippen LogP contribution in [0.1, 0.15) is 122 Å². The fraction of sp³-hybridized carbons (Fsp3) is 0.438. The number of ether oxygens (including phenoxy) is 2. The molecule has 2 aliphatic carbocycles. The Morgan fingerprint density at radius 1 is 0.474 bits per heavy atom. The van der Waals surface area contributed by atoms with Crippen LogP contribution in [0.4, 0.5) is 20.2 Å². The van der Waals surface area contributed by atoms with Crippen LogP contribution in [0.3, 0.4) is 0 Å². The minimum atomic E-state index is -0.333. The monoisotopic (exact) mass is 1040 g/mol. The van der Waals surface area contributed by atoms with Gasteiger partial charge in [0.15, 0.2) is 23.1 Å². The average Bonchev–Trinajstić information content (AvgIpc) is 3.43. The minimum Gasteiger partial charge on any atom is -0.508 e. The van der Waals surface area contributed by atoms with Gasteiger partial charge in [0, 0.05) is 62.8 Å². The molecule has 0 bridgehead atoms. The summed E-state index contributed by atoms with van der Waals surface area (Å²) >= 11 is 0. The van der Waals surface area contributed by atoms with Gasteiger partial charge in [-0.1, -0.05) is 49.2 Å². The molecule has 10 rings (SSSR count). The summed E-state index contributed by atoms with van der Waals surface area (Å²) in [6.45, 7) is 13.8. The van der Waals surface area contributed by atoms with Crippen LogP contribution in [0.2, 0.25) is 0 Å². The van der Waals surface area contributed by atoms with Crippen molar-refractivity contribution in [3.05, 3.63) is 165 Å². The van der Waals surface area contributed by atoms with Crippen LogP contribution in [0.25, 0.3) is 0 Å². The third kappa shape index (κ3) is 14.1. The van der Waals surface area contributed by atoms with Crippen LogP contribution >= 0.6 is 0 Å². The highest BCUT2D eigenvalue weighted by molar-refractivity contribution is 5.61. The van der Waals surface area contributed by atoms with Crippen LogP contribution in [-0.2, 0) is 38.8 Å². The SMILES string of the molecule is CCN(Cc1ccc(OCCN2CCCCC2)c(F)c1)c1cc(O)ccc1[C@@H]1CCc2cc(O)ccc2C1.CCN(Cc1ccc(OCCN2CCCCC2)c(F)c1)c1cc(O)ccc1[C@H]1CCc2cc(O)ccc2C1. The van der Waals surface area contributed by atoms with E-state index in [0.29, 0.717) is 61.1 Å². The summed E-state index contributed by atoms with van der Waals surface area (Å²) in [5.74, 6) is 1.65. The van der Waals surface area contributed by atoms with Crippen molar-refractivity contribution < 1.29 is 38.7 Å². The van der Waals surface area contributed by atoms with E-state index in [-0.39, 0.29) is 23.1 Å². The average molecular weight is 1040 g/mol. The van der Waals surface area contributed by atoms with Crippen LogP contribution in [0, 0.1) is 11.6 Å². The Morgan fingerprint density at radius 2 is 0.868 bits per heavy atom. The molecule has 10 nitrogen and oxygen atoms in total. The van der Waals surface area contributed by atoms with Crippen LogP contribution in [-0.4, -0.2) is 95.8 Å². The summed E-state index contributed by atoms with van der Waals surface area (Å²) in [5, 5.41) is 40.4. The molecule has 2 heterocycles. The van der Waals surface area contributed by atoms with Crippen molar-refractivity contribution in [1.82, 2.24) is 9.80 Å². The number of halogens is 2. The van der Waals surface area contributed by atoms with Crippen molar-refractivity contribution in [2.45, 2.75) is 116 Å². The van der Waals surface area contributed by atoms with Crippen LogP contribution < -0.4 is 19.3 Å². The zero-order valence-corrected chi connectivity index (χ0v) is 44.7. The van der Waals surface area contributed by atoms with Crippen molar-refractivity contribution in [2.75, 3.05) is 75.4 Å². The molecule has 2 fully saturated rings. The Labute approximate surface area is 449 Å². The van der Waals surface area contributed by atoms with Gasteiger partial charge in [0.2, 0.25) is 0 Å². The van der Waals surface area contributed by atoms with E-state index >= 15 is 0 Å². The fourth-order valence-corrected chi connectivity index (χ4v) is 11.9. The Balaban J connectivity index is 0.000000186. The molecule has 12 heteroatoms. The molecule has 0 saturated carbocycles. The summed E-state index contributed by atoms with van der Waals surface area (Å²) in [6, 6.07) is 33.1. The van der Waals surface area contributed by atoms with Gasteiger partial charge in [-0.05, 0) is 221 Å². The number of hydrogen-bond acceptors (Lipinski definition) is 10. The molecular weight excluding hydrogens is 959 g/mol. The number of aryl methyl sites for hydroxylation is 2. The van der Waals surface area contributed by atoms with E-state index in [9.17, 15) is 29.2 Å². The molecule has 76 heavy (non-hydrogen) atoms. The van der Waals surface area contributed by atoms with Gasteiger partial charge in [-0.25, -0.2) is 8.78 Å². The molecule has 0 radical (unpaired) electrons. The zero-order chi connectivity index (χ0) is 53.0. The molecule has 6 aromatic rings. The summed E-state index contributed by atoms with van der Waals surface area (Å²) in [7, 11) is 0. The van der Waals surface area contributed by atoms with Gasteiger partial charge in [0.1, 0.15) is 36.2 Å². The Kier molecular flexibility index (Phi) is 18.6. The number of aromatic hydroxyl groups is 4. The highest BCUT2D eigenvalue weighted by Crippen LogP contribution is 2.42. The maximum Gasteiger partial charge on any atom is 0.165 e. The molecule has 4 aliphatic rings. The first-order chi connectivity index (χ1) is 37.0. The molecule has 404 valence electrons. The molecule has 0 aromatic heterocycles. The van der Waals surface area contributed by atoms with Gasteiger partial charge in [0.05, 0.1) is 0 Å². The molecule has 0 spiro atoms. The van der Waals surface area contributed by atoms with E-state index in [0.717, 1.165) is 113 Å². The summed E-state index contributed by atoms with van der Waals surface area (Å²) < 4.78 is 41.5. The van der Waals surface area contributed by atoms with Crippen molar-refractivity contribution in [3.8, 4) is 34.5 Å². The topological polar surface area (TPSA) is 112 Å². The number of fused-ring (bicyclic) bond motifs is 2. The lowest BCUT2D eigenvalue weighted by molar-refractivity contribution is 0.180. The third-order valence-corrected chi connectivity index (χ3v) is 16.2. The molecule has 4 N–H and O–H groups in total. The molecule has 6 aromatic carbocycles. The number of hydrogen-bond donors (Lipinski definition) is 4. The smallest absolute Gasteiger partial charge is 0.165 e. The van der Waals surface area contributed by atoms with Crippen LogP contribution in [0.5, 0.6) is 34.5 Å². The van der Waals surface area contributed by atoms with E-state index in [1.165, 1.54) is 71.9 Å². The summed E-state index contributed by atoms with van der Waals surface area (Å²) in [6.07, 6.45) is 13.1. The lowest BCUT2D eigenvalue weighted by Gasteiger charge is -2.31. The first kappa shape index (κ1) is 54.3. The second-order valence-electron chi connectivity index (χ2n) is 21.3. The second-order valence-corrected chi connectivity index (χ2v) is 21.3. The Bertz CT molecular complexity index is 2680. The van der Waals surface area contributed by atoms with E-state index in [1.54, 1.807) is 48.5 Å². The third-order valence-electron chi connectivity index (χ3n) is 16.2. The van der Waals surface area contributed by atoms with E-state index in [1.807, 2.05) is 60.7 Å². The molecule has 2 aliphatic heterocycles. The minimum absolute atomic E-state index is 0.229. The van der Waals surface area contributed by atoms with E-state index in [4.69, 9.17) is 9.47 Å². The van der Waals surface area contributed by atoms with Gasteiger partial charge in [-0.3, -0.25) is 9.80 Å². The fourth-order valence-electron chi connectivity index (χ4n) is 11.9. The number of anilines is 2. The number of rotatable bonds is 18. The van der Waals surface area contributed by atoms with E-state index in [2.05, 4.69) is 33.4 Å². The number of nitrogens with zero attached hydrogens (tertiary/aromatic N) is 4. The second kappa shape index (κ2) is 26.0. The van der Waals surface area contributed by atoms with Crippen molar-refractivity contribution in [3.63, 3.8) is 0 Å². The Hall–Kier alpha value is -6.50. The highest BCUT2D eigenvalue weighted by atomic mass is 19.1. The largest absolute Gasteiger partial charge is 0.508 e. The maximum absolute atomic E-state index is 15.0. The number of phenolic OH excluding ortho intramolecular Hbond substituents is 4. The summed E-state index contributed by atoms with van der Waals surface area (Å²) in [5.41, 5.74) is 11.0. The molecule has 0 unspecified atom stereocenters. The number of piperidine rings is 2. The lowest BCUT2D eigenvalue weighted by Crippen LogP contribution is -2.33. The van der Waals surface area contributed by atoms with Gasteiger partial charge in [-0.15, -0.1) is 0 Å². The number of benzene rings is 6. The van der Waals surface area contributed by atoms with Crippen molar-refractivity contribution >= 4 is 11.4 Å². The first-order valence-electron chi connectivity index (χ1n) is 28.0. The van der Waals surface area contributed by atoms with Crippen molar-refractivity contribution in [2.24, 2.45) is 0 Å². The number of likely N-dealkylation sites (tertiary alicyclic amines) is 2. The molecule has 2 atom stereocenters. The normalized spacial score (nSPS) is 17.7. The van der Waals surface area contributed by atoms with Gasteiger partial charge in [0.25, 0.3) is 0 Å². The summed E-state index contributed by atoms with van der Waals surface area (Å²) in [4.78, 5) is 9.17. The van der Waals surface area contributed by atoms with Crippen LogP contribution in [0.15, 0.2) is 109 Å². The molecular formula is C64H78F2N4O6. The maximum atomic E-state index is 15.0. The molecule has 2 saturated heterocycles.